The van der Waals surface area contributed by atoms with Crippen LogP contribution in [0.15, 0.2) is 18.2 Å². The predicted octanol–water partition coefficient (Wildman–Crippen LogP) is 4.20. The number of hydrogen-bond acceptors (Lipinski definition) is 2. The lowest BCUT2D eigenvalue weighted by molar-refractivity contribution is -0.123. The maximum Gasteiger partial charge on any atom is 0.240 e. The van der Waals surface area contributed by atoms with E-state index in [-0.39, 0.29) is 30.2 Å². The zero-order valence-corrected chi connectivity index (χ0v) is 16.0. The second-order valence-electron chi connectivity index (χ2n) is 6.90. The van der Waals surface area contributed by atoms with Crippen LogP contribution in [0.4, 0.5) is 5.69 Å². The lowest BCUT2D eigenvalue weighted by atomic mass is 9.91. The van der Waals surface area contributed by atoms with Gasteiger partial charge in [0.15, 0.2) is 0 Å². The molecule has 0 radical (unpaired) electrons. The number of carbonyl (C=O) groups is 2. The van der Waals surface area contributed by atoms with Crippen molar-refractivity contribution in [3.05, 3.63) is 29.3 Å². The van der Waals surface area contributed by atoms with Gasteiger partial charge in [-0.1, -0.05) is 59.2 Å². The van der Waals surface area contributed by atoms with Crippen LogP contribution in [0, 0.1) is 0 Å². The van der Waals surface area contributed by atoms with Gasteiger partial charge in [0.1, 0.15) is 6.54 Å². The third-order valence-electron chi connectivity index (χ3n) is 4.15. The maximum absolute atomic E-state index is 12.3. The molecule has 0 fully saturated rings. The van der Waals surface area contributed by atoms with Crippen LogP contribution < -0.4 is 10.2 Å². The summed E-state index contributed by atoms with van der Waals surface area (Å²) in [6, 6.07) is 6.14. The summed E-state index contributed by atoms with van der Waals surface area (Å²) in [5.41, 5.74) is 3.12. The van der Waals surface area contributed by atoms with Gasteiger partial charge in [-0.2, -0.15) is 0 Å². The Morgan fingerprint density at radius 3 is 2.04 bits per heavy atom. The minimum absolute atomic E-state index is 0.0719. The van der Waals surface area contributed by atoms with Crippen LogP contribution in [0.1, 0.15) is 77.3 Å². The zero-order chi connectivity index (χ0) is 18.3. The molecule has 24 heavy (non-hydrogen) atoms. The molecule has 4 heteroatoms. The summed E-state index contributed by atoms with van der Waals surface area (Å²) in [7, 11) is 0. The molecule has 1 aromatic carbocycles. The molecule has 0 aliphatic heterocycles. The highest BCUT2D eigenvalue weighted by molar-refractivity contribution is 5.99. The van der Waals surface area contributed by atoms with E-state index in [1.165, 1.54) is 6.92 Å². The normalized spacial score (nSPS) is 11.0. The number of carbonyl (C=O) groups excluding carboxylic acids is 2. The third-order valence-corrected chi connectivity index (χ3v) is 4.15. The number of benzene rings is 1. The van der Waals surface area contributed by atoms with Crippen molar-refractivity contribution < 1.29 is 9.59 Å². The topological polar surface area (TPSA) is 49.4 Å². The van der Waals surface area contributed by atoms with Gasteiger partial charge in [-0.05, 0) is 29.4 Å². The second-order valence-corrected chi connectivity index (χ2v) is 6.90. The van der Waals surface area contributed by atoms with Crippen LogP contribution in [0.25, 0.3) is 0 Å². The van der Waals surface area contributed by atoms with Crippen LogP contribution in [-0.4, -0.2) is 24.9 Å². The molecular weight excluding hydrogens is 300 g/mol. The van der Waals surface area contributed by atoms with Gasteiger partial charge in [0, 0.05) is 13.5 Å². The molecule has 2 amide bonds. The quantitative estimate of drug-likeness (QED) is 0.725. The summed E-state index contributed by atoms with van der Waals surface area (Å²) >= 11 is 0. The zero-order valence-electron chi connectivity index (χ0n) is 16.0. The van der Waals surface area contributed by atoms with Gasteiger partial charge >= 0.3 is 0 Å². The maximum atomic E-state index is 12.3. The molecule has 0 heterocycles. The van der Waals surface area contributed by atoms with E-state index < -0.39 is 0 Å². The fourth-order valence-electron chi connectivity index (χ4n) is 2.78. The number of nitrogens with one attached hydrogen (secondary N) is 1. The first-order valence-electron chi connectivity index (χ1n) is 8.97. The van der Waals surface area contributed by atoms with Gasteiger partial charge < -0.3 is 10.2 Å². The summed E-state index contributed by atoms with van der Waals surface area (Å²) in [4.78, 5) is 26.2. The van der Waals surface area contributed by atoms with Gasteiger partial charge in [0.25, 0.3) is 0 Å². The Morgan fingerprint density at radius 1 is 1.08 bits per heavy atom. The highest BCUT2D eigenvalue weighted by atomic mass is 16.2. The molecular formula is C20H32N2O2. The van der Waals surface area contributed by atoms with Crippen molar-refractivity contribution in [2.45, 2.75) is 66.2 Å². The summed E-state index contributed by atoms with van der Waals surface area (Å²) in [6.07, 6.45) is 1.98. The summed E-state index contributed by atoms with van der Waals surface area (Å²) in [5, 5.41) is 2.90. The van der Waals surface area contributed by atoms with Crippen molar-refractivity contribution in [3.8, 4) is 0 Å². The van der Waals surface area contributed by atoms with E-state index in [1.54, 1.807) is 4.90 Å². The largest absolute Gasteiger partial charge is 0.355 e. The van der Waals surface area contributed by atoms with Crippen LogP contribution in [0.5, 0.6) is 0 Å². The van der Waals surface area contributed by atoms with E-state index in [9.17, 15) is 9.59 Å². The minimum atomic E-state index is -0.105. The molecule has 134 valence electrons. The van der Waals surface area contributed by atoms with E-state index in [0.29, 0.717) is 6.54 Å². The predicted molar refractivity (Wildman–Crippen MR) is 101 cm³/mol. The Labute approximate surface area is 146 Å². The molecule has 0 bridgehead atoms. The number of rotatable bonds is 8. The molecule has 0 saturated carbocycles. The Bertz CT molecular complexity index is 539. The number of hydrogen-bond donors (Lipinski definition) is 1. The van der Waals surface area contributed by atoms with Crippen LogP contribution in [-0.2, 0) is 9.59 Å². The van der Waals surface area contributed by atoms with Gasteiger partial charge in [-0.25, -0.2) is 0 Å². The van der Waals surface area contributed by atoms with Gasteiger partial charge in [0.2, 0.25) is 11.8 Å². The summed E-state index contributed by atoms with van der Waals surface area (Å²) in [6.45, 7) is 12.8. The molecule has 1 N–H and O–H groups in total. The van der Waals surface area contributed by atoms with Crippen molar-refractivity contribution in [2.75, 3.05) is 18.0 Å². The fourth-order valence-corrected chi connectivity index (χ4v) is 2.78. The SMILES string of the molecule is CCCCNC(=O)CN(C(C)=O)c1c(C(C)C)cccc1C(C)C. The van der Waals surface area contributed by atoms with Gasteiger partial charge in [0.05, 0.1) is 5.69 Å². The number of para-hydroxylation sites is 1. The van der Waals surface area contributed by atoms with Crippen molar-refractivity contribution >= 4 is 17.5 Å². The molecule has 1 aromatic rings. The lowest BCUT2D eigenvalue weighted by Gasteiger charge is -2.29. The van der Waals surface area contributed by atoms with Crippen molar-refractivity contribution in [1.82, 2.24) is 5.32 Å². The van der Waals surface area contributed by atoms with E-state index in [0.717, 1.165) is 29.7 Å². The van der Waals surface area contributed by atoms with Crippen molar-refractivity contribution in [3.63, 3.8) is 0 Å². The second kappa shape index (κ2) is 9.45. The third kappa shape index (κ3) is 5.36. The average molecular weight is 332 g/mol. The molecule has 0 aliphatic rings. The summed E-state index contributed by atoms with van der Waals surface area (Å²) in [5.74, 6) is 0.356. The standard InChI is InChI=1S/C20H32N2O2/c1-7-8-12-21-19(24)13-22(16(6)23)20-17(14(2)3)10-9-11-18(20)15(4)5/h9-11,14-15H,7-8,12-13H2,1-6H3,(H,21,24). The number of nitrogens with zero attached hydrogens (tertiary/aromatic N) is 1. The van der Waals surface area contributed by atoms with Crippen LogP contribution >= 0.6 is 0 Å². The smallest absolute Gasteiger partial charge is 0.240 e. The minimum Gasteiger partial charge on any atom is -0.355 e. The van der Waals surface area contributed by atoms with E-state index in [4.69, 9.17) is 0 Å². The molecule has 4 nitrogen and oxygen atoms in total. The Hall–Kier alpha value is -1.84. The number of amides is 2. The van der Waals surface area contributed by atoms with E-state index >= 15 is 0 Å². The van der Waals surface area contributed by atoms with Crippen LogP contribution in [0.2, 0.25) is 0 Å². The number of unbranched alkanes of at least 4 members (excludes halogenated alkanes) is 1. The molecule has 0 saturated heterocycles. The van der Waals surface area contributed by atoms with E-state index in [1.807, 2.05) is 6.07 Å². The Kier molecular flexibility index (Phi) is 7.96. The molecule has 0 aromatic heterocycles. The lowest BCUT2D eigenvalue weighted by Crippen LogP contribution is -2.41. The Balaban J connectivity index is 3.20. The van der Waals surface area contributed by atoms with Gasteiger partial charge in [-0.3, -0.25) is 9.59 Å². The Morgan fingerprint density at radius 2 is 1.62 bits per heavy atom. The first kappa shape index (κ1) is 20.2. The molecule has 0 aliphatic carbocycles. The summed E-state index contributed by atoms with van der Waals surface area (Å²) < 4.78 is 0. The molecule has 0 unspecified atom stereocenters. The van der Waals surface area contributed by atoms with Crippen LogP contribution in [0.3, 0.4) is 0 Å². The van der Waals surface area contributed by atoms with Crippen molar-refractivity contribution in [2.24, 2.45) is 0 Å². The highest BCUT2D eigenvalue weighted by Gasteiger charge is 2.23. The van der Waals surface area contributed by atoms with Gasteiger partial charge in [-0.15, -0.1) is 0 Å². The first-order valence-corrected chi connectivity index (χ1v) is 8.97. The van der Waals surface area contributed by atoms with Crippen molar-refractivity contribution in [1.29, 1.82) is 0 Å². The monoisotopic (exact) mass is 332 g/mol. The molecule has 1 rings (SSSR count). The number of anilines is 1. The fraction of sp³-hybridized carbons (Fsp3) is 0.600. The first-order chi connectivity index (χ1) is 11.3. The highest BCUT2D eigenvalue weighted by Crippen LogP contribution is 2.35. The average Bonchev–Trinajstić information content (AvgIpc) is 2.51. The molecule has 0 atom stereocenters. The molecule has 0 spiro atoms. The van der Waals surface area contributed by atoms with E-state index in [2.05, 4.69) is 52.1 Å².